The quantitative estimate of drug-likeness (QED) is 0.536. The Morgan fingerprint density at radius 3 is 2.88 bits per heavy atom. The molecule has 0 unspecified atom stereocenters. The highest BCUT2D eigenvalue weighted by Crippen LogP contribution is 2.24. The summed E-state index contributed by atoms with van der Waals surface area (Å²) < 4.78 is 1.69. The number of hydrogen-bond donors (Lipinski definition) is 2. The highest BCUT2D eigenvalue weighted by molar-refractivity contribution is 6.31. The Balaban J connectivity index is 1.46. The smallest absolute Gasteiger partial charge is 0.254 e. The predicted molar refractivity (Wildman–Crippen MR) is 99.3 cm³/mol. The molecule has 4 aromatic rings. The number of rotatable bonds is 5. The van der Waals surface area contributed by atoms with Gasteiger partial charge in [-0.05, 0) is 31.2 Å². The van der Waals surface area contributed by atoms with E-state index in [-0.39, 0.29) is 0 Å². The van der Waals surface area contributed by atoms with Crippen LogP contribution in [0, 0.1) is 6.92 Å². The molecule has 126 valence electrons. The molecule has 4 rings (SSSR count). The third-order valence-corrected chi connectivity index (χ3v) is 4.07. The maximum atomic E-state index is 6.10. The van der Waals surface area contributed by atoms with Crippen molar-refractivity contribution in [1.29, 1.82) is 0 Å². The zero-order valence-corrected chi connectivity index (χ0v) is 14.3. The molecule has 0 spiro atoms. The minimum absolute atomic E-state index is 0.588. The van der Waals surface area contributed by atoms with Crippen LogP contribution in [0.3, 0.4) is 0 Å². The van der Waals surface area contributed by atoms with E-state index >= 15 is 0 Å². The van der Waals surface area contributed by atoms with Crippen molar-refractivity contribution >= 4 is 39.8 Å². The van der Waals surface area contributed by atoms with E-state index in [0.29, 0.717) is 17.3 Å². The number of anilines is 2. The van der Waals surface area contributed by atoms with Gasteiger partial charge < -0.3 is 10.6 Å². The van der Waals surface area contributed by atoms with E-state index in [2.05, 4.69) is 30.7 Å². The first kappa shape index (κ1) is 15.6. The summed E-state index contributed by atoms with van der Waals surface area (Å²) in [5.74, 6) is 1.45. The Hall–Kier alpha value is -2.93. The van der Waals surface area contributed by atoms with Crippen LogP contribution in [-0.2, 0) is 0 Å². The largest absolute Gasteiger partial charge is 0.383 e. The summed E-state index contributed by atoms with van der Waals surface area (Å²) >= 11 is 6.10. The number of aromatic nitrogens is 5. The van der Waals surface area contributed by atoms with Gasteiger partial charge in [0.15, 0.2) is 0 Å². The third-order valence-electron chi connectivity index (χ3n) is 3.83. The first-order valence-electron chi connectivity index (χ1n) is 7.90. The summed E-state index contributed by atoms with van der Waals surface area (Å²) in [7, 11) is 0. The van der Waals surface area contributed by atoms with Crippen molar-refractivity contribution < 1.29 is 0 Å². The average molecular weight is 354 g/mol. The summed E-state index contributed by atoms with van der Waals surface area (Å²) in [6.45, 7) is 3.37. The van der Waals surface area contributed by atoms with Crippen molar-refractivity contribution in [3.8, 4) is 0 Å². The lowest BCUT2D eigenvalue weighted by Crippen LogP contribution is -2.16. The van der Waals surface area contributed by atoms with Gasteiger partial charge in [-0.2, -0.15) is 14.6 Å². The Bertz CT molecular complexity index is 1040. The minimum atomic E-state index is 0.588. The normalized spacial score (nSPS) is 11.1. The van der Waals surface area contributed by atoms with Crippen LogP contribution in [0.5, 0.6) is 0 Å². The fourth-order valence-electron chi connectivity index (χ4n) is 2.72. The number of nitrogens with zero attached hydrogens (tertiary/aromatic N) is 5. The Morgan fingerprint density at radius 1 is 1.08 bits per heavy atom. The van der Waals surface area contributed by atoms with Gasteiger partial charge in [-0.15, -0.1) is 0 Å². The van der Waals surface area contributed by atoms with E-state index in [4.69, 9.17) is 11.6 Å². The molecule has 0 amide bonds. The highest BCUT2D eigenvalue weighted by atomic mass is 35.5. The van der Waals surface area contributed by atoms with Gasteiger partial charge in [-0.3, -0.25) is 4.98 Å². The summed E-state index contributed by atoms with van der Waals surface area (Å²) in [6.07, 6.45) is 3.29. The second-order valence-electron chi connectivity index (χ2n) is 5.63. The summed E-state index contributed by atoms with van der Waals surface area (Å²) in [6, 6.07) is 9.58. The van der Waals surface area contributed by atoms with Gasteiger partial charge in [0.25, 0.3) is 5.78 Å². The zero-order valence-electron chi connectivity index (χ0n) is 13.6. The van der Waals surface area contributed by atoms with Crippen LogP contribution in [0.1, 0.15) is 5.69 Å². The van der Waals surface area contributed by atoms with Crippen LogP contribution >= 0.6 is 11.6 Å². The molecule has 2 N–H and O–H groups in total. The molecule has 3 heterocycles. The molecule has 0 aliphatic rings. The maximum absolute atomic E-state index is 6.10. The van der Waals surface area contributed by atoms with Gasteiger partial charge in [0, 0.05) is 47.1 Å². The van der Waals surface area contributed by atoms with Crippen molar-refractivity contribution in [3.63, 3.8) is 0 Å². The number of pyridine rings is 1. The van der Waals surface area contributed by atoms with Gasteiger partial charge in [-0.25, -0.2) is 4.98 Å². The summed E-state index contributed by atoms with van der Waals surface area (Å²) in [5, 5.41) is 12.7. The van der Waals surface area contributed by atoms with Gasteiger partial charge in [0.2, 0.25) is 0 Å². The van der Waals surface area contributed by atoms with E-state index in [1.165, 1.54) is 6.33 Å². The molecule has 0 aliphatic carbocycles. The SMILES string of the molecule is Cc1cc(NCCNc2ccnc3ccc(Cl)cc23)n2ncnc2n1. The first-order chi connectivity index (χ1) is 12.2. The predicted octanol–water partition coefficient (Wildman–Crippen LogP) is 3.16. The molecule has 7 nitrogen and oxygen atoms in total. The average Bonchev–Trinajstić information content (AvgIpc) is 3.07. The van der Waals surface area contributed by atoms with E-state index in [1.54, 1.807) is 10.7 Å². The lowest BCUT2D eigenvalue weighted by atomic mass is 10.2. The van der Waals surface area contributed by atoms with Gasteiger partial charge in [0.1, 0.15) is 12.1 Å². The van der Waals surface area contributed by atoms with Crippen molar-refractivity contribution in [2.24, 2.45) is 0 Å². The minimum Gasteiger partial charge on any atom is -0.383 e. The Kier molecular flexibility index (Phi) is 4.07. The van der Waals surface area contributed by atoms with Crippen LogP contribution in [-0.4, -0.2) is 37.7 Å². The molecule has 1 aromatic carbocycles. The van der Waals surface area contributed by atoms with E-state index < -0.39 is 0 Å². The molecule has 0 atom stereocenters. The van der Waals surface area contributed by atoms with E-state index in [1.807, 2.05) is 37.3 Å². The van der Waals surface area contributed by atoms with Crippen LogP contribution in [0.15, 0.2) is 42.9 Å². The molecule has 0 saturated carbocycles. The van der Waals surface area contributed by atoms with E-state index in [9.17, 15) is 0 Å². The van der Waals surface area contributed by atoms with Crippen LogP contribution < -0.4 is 10.6 Å². The van der Waals surface area contributed by atoms with Gasteiger partial charge in [0.05, 0.1) is 5.52 Å². The lowest BCUT2D eigenvalue weighted by Gasteiger charge is -2.12. The van der Waals surface area contributed by atoms with Crippen molar-refractivity contribution in [1.82, 2.24) is 24.6 Å². The Morgan fingerprint density at radius 2 is 1.96 bits per heavy atom. The number of benzene rings is 1. The van der Waals surface area contributed by atoms with Crippen LogP contribution in [0.25, 0.3) is 16.7 Å². The summed E-state index contributed by atoms with van der Waals surface area (Å²) in [4.78, 5) is 12.8. The molecule has 0 radical (unpaired) electrons. The molecule has 0 saturated heterocycles. The number of halogens is 1. The van der Waals surface area contributed by atoms with Crippen molar-refractivity contribution in [2.45, 2.75) is 6.92 Å². The molecular formula is C17H16ClN7. The summed E-state index contributed by atoms with van der Waals surface area (Å²) in [5.41, 5.74) is 2.81. The second kappa shape index (κ2) is 6.52. The van der Waals surface area contributed by atoms with E-state index in [0.717, 1.165) is 34.6 Å². The van der Waals surface area contributed by atoms with Crippen molar-refractivity contribution in [3.05, 3.63) is 53.6 Å². The molecule has 0 fully saturated rings. The molecular weight excluding hydrogens is 338 g/mol. The standard InChI is InChI=1S/C17H16ClN7/c1-11-8-16(25-17(24-11)22-10-23-25)21-7-6-20-15-4-5-19-14-3-2-12(18)9-13(14)15/h2-5,8-10,21H,6-7H2,1H3,(H,19,20). The van der Waals surface area contributed by atoms with Gasteiger partial charge in [-0.1, -0.05) is 11.6 Å². The molecule has 25 heavy (non-hydrogen) atoms. The Labute approximate surface area is 149 Å². The zero-order chi connectivity index (χ0) is 17.2. The number of fused-ring (bicyclic) bond motifs is 2. The fraction of sp³-hybridized carbons (Fsp3) is 0.176. The highest BCUT2D eigenvalue weighted by Gasteiger charge is 2.05. The monoisotopic (exact) mass is 353 g/mol. The lowest BCUT2D eigenvalue weighted by molar-refractivity contribution is 0.915. The number of hydrogen-bond acceptors (Lipinski definition) is 6. The van der Waals surface area contributed by atoms with Gasteiger partial charge >= 0.3 is 0 Å². The molecule has 0 aliphatic heterocycles. The molecule has 8 heteroatoms. The number of aryl methyl sites for hydroxylation is 1. The van der Waals surface area contributed by atoms with Crippen LogP contribution in [0.4, 0.5) is 11.5 Å². The number of nitrogens with one attached hydrogen (secondary N) is 2. The molecule has 0 bridgehead atoms. The second-order valence-corrected chi connectivity index (χ2v) is 6.06. The maximum Gasteiger partial charge on any atom is 0.254 e. The fourth-order valence-corrected chi connectivity index (χ4v) is 2.89. The van der Waals surface area contributed by atoms with Crippen molar-refractivity contribution in [2.75, 3.05) is 23.7 Å². The van der Waals surface area contributed by atoms with Crippen LogP contribution in [0.2, 0.25) is 5.02 Å². The molecule has 3 aromatic heterocycles. The first-order valence-corrected chi connectivity index (χ1v) is 8.28. The third kappa shape index (κ3) is 3.18. The topological polar surface area (TPSA) is 80.0 Å².